The molecule has 2 aromatic rings. The molecule has 0 aliphatic heterocycles. The van der Waals surface area contributed by atoms with E-state index in [2.05, 4.69) is 46.9 Å². The van der Waals surface area contributed by atoms with Gasteiger partial charge in [-0.1, -0.05) is 24.3 Å². The second-order valence-corrected chi connectivity index (χ2v) is 4.77. The highest BCUT2D eigenvalue weighted by Gasteiger charge is 1.98. The van der Waals surface area contributed by atoms with Crippen molar-refractivity contribution in [2.24, 2.45) is 0 Å². The van der Waals surface area contributed by atoms with Crippen molar-refractivity contribution in [1.82, 2.24) is 0 Å². The summed E-state index contributed by atoms with van der Waals surface area (Å²) >= 11 is 2.28. The predicted octanol–water partition coefficient (Wildman–Crippen LogP) is 4.54. The summed E-state index contributed by atoms with van der Waals surface area (Å²) in [6.45, 7) is 0. The highest BCUT2D eigenvalue weighted by molar-refractivity contribution is 14.1. The minimum absolute atomic E-state index is 0.323. The Morgan fingerprint density at radius 1 is 0.875 bits per heavy atom. The Morgan fingerprint density at radius 3 is 1.88 bits per heavy atom. The van der Waals surface area contributed by atoms with Gasteiger partial charge in [0, 0.05) is 3.57 Å². The first-order valence-electron chi connectivity index (χ1n) is 4.65. The highest BCUT2D eigenvalue weighted by Crippen LogP contribution is 2.24. The molecule has 2 aromatic carbocycles. The van der Waals surface area contributed by atoms with Crippen LogP contribution in [0.4, 0.5) is 0 Å². The van der Waals surface area contributed by atoms with Crippen molar-refractivity contribution in [3.8, 4) is 16.9 Å². The molecular formula is C12H8IO2P. The van der Waals surface area contributed by atoms with Crippen LogP contribution in [-0.2, 0) is 4.57 Å². The molecule has 0 fully saturated rings. The highest BCUT2D eigenvalue weighted by atomic mass is 127. The van der Waals surface area contributed by atoms with Gasteiger partial charge in [0.25, 0.3) is 0 Å². The largest absolute Gasteiger partial charge is 0.408 e. The lowest BCUT2D eigenvalue weighted by Gasteiger charge is -2.02. The van der Waals surface area contributed by atoms with Crippen molar-refractivity contribution in [2.45, 2.75) is 0 Å². The van der Waals surface area contributed by atoms with Crippen LogP contribution in [0.5, 0.6) is 5.75 Å². The molecule has 16 heavy (non-hydrogen) atoms. The second-order valence-electron chi connectivity index (χ2n) is 3.20. The summed E-state index contributed by atoms with van der Waals surface area (Å²) < 4.78 is 16.3. The molecule has 0 N–H and O–H groups in total. The number of halogens is 1. The van der Waals surface area contributed by atoms with Crippen molar-refractivity contribution in [1.29, 1.82) is 0 Å². The second kappa shape index (κ2) is 5.41. The number of benzene rings is 2. The molecule has 2 nitrogen and oxygen atoms in total. The van der Waals surface area contributed by atoms with E-state index in [0.717, 1.165) is 11.1 Å². The minimum atomic E-state index is -0.323. The first-order chi connectivity index (χ1) is 7.79. The van der Waals surface area contributed by atoms with Gasteiger partial charge in [0.05, 0.1) is 0 Å². The van der Waals surface area contributed by atoms with Crippen LogP contribution < -0.4 is 4.52 Å². The van der Waals surface area contributed by atoms with Gasteiger partial charge in [-0.05, 0) is 58.0 Å². The third-order valence-electron chi connectivity index (χ3n) is 2.17. The van der Waals surface area contributed by atoms with Crippen LogP contribution in [0.15, 0.2) is 48.5 Å². The molecule has 0 heterocycles. The van der Waals surface area contributed by atoms with Crippen LogP contribution in [0.1, 0.15) is 0 Å². The molecule has 0 aliphatic rings. The molecule has 0 saturated heterocycles. The first-order valence-corrected chi connectivity index (χ1v) is 6.46. The van der Waals surface area contributed by atoms with Crippen molar-refractivity contribution in [3.63, 3.8) is 0 Å². The van der Waals surface area contributed by atoms with Crippen LogP contribution in [-0.4, -0.2) is 0 Å². The van der Waals surface area contributed by atoms with E-state index in [1.165, 1.54) is 3.57 Å². The fraction of sp³-hybridized carbons (Fsp3) is 0. The van der Waals surface area contributed by atoms with E-state index in [-0.39, 0.29) is 8.69 Å². The van der Waals surface area contributed by atoms with Crippen LogP contribution in [0, 0.1) is 3.57 Å². The molecule has 0 radical (unpaired) electrons. The smallest absolute Gasteiger partial charge is 0.395 e. The van der Waals surface area contributed by atoms with Crippen molar-refractivity contribution in [3.05, 3.63) is 52.1 Å². The van der Waals surface area contributed by atoms with Crippen molar-refractivity contribution < 1.29 is 9.09 Å². The van der Waals surface area contributed by atoms with E-state index in [1.807, 2.05) is 12.1 Å². The van der Waals surface area contributed by atoms with Gasteiger partial charge in [0.1, 0.15) is 5.75 Å². The van der Waals surface area contributed by atoms with Gasteiger partial charge >= 0.3 is 8.69 Å². The molecule has 0 bridgehead atoms. The molecule has 0 saturated carbocycles. The van der Waals surface area contributed by atoms with E-state index in [1.54, 1.807) is 12.1 Å². The maximum atomic E-state index is 10.2. The first kappa shape index (κ1) is 11.6. The average molecular weight is 342 g/mol. The zero-order chi connectivity index (χ0) is 11.4. The molecule has 0 aliphatic carbocycles. The van der Waals surface area contributed by atoms with E-state index in [4.69, 9.17) is 4.52 Å². The Labute approximate surface area is 109 Å². The standard InChI is InChI=1S/C12H8IO2P/c13-11-5-1-9(2-6-11)10-3-7-12(8-4-10)15-16-14/h1-8H. The maximum Gasteiger partial charge on any atom is 0.395 e. The fourth-order valence-electron chi connectivity index (χ4n) is 1.39. The SMILES string of the molecule is O=POc1ccc(-c2ccc(I)cc2)cc1. The summed E-state index contributed by atoms with van der Waals surface area (Å²) in [5.74, 6) is 0.603. The zero-order valence-corrected chi connectivity index (χ0v) is 11.3. The molecule has 0 unspecified atom stereocenters. The Hall–Kier alpha value is -0.930. The van der Waals surface area contributed by atoms with Crippen LogP contribution in [0.2, 0.25) is 0 Å². The lowest BCUT2D eigenvalue weighted by molar-refractivity contribution is 0.525. The van der Waals surface area contributed by atoms with Crippen molar-refractivity contribution in [2.75, 3.05) is 0 Å². The topological polar surface area (TPSA) is 26.3 Å². The van der Waals surface area contributed by atoms with E-state index in [9.17, 15) is 4.57 Å². The molecule has 4 heteroatoms. The third-order valence-corrected chi connectivity index (χ3v) is 3.18. The van der Waals surface area contributed by atoms with Gasteiger partial charge in [0.15, 0.2) is 0 Å². The fourth-order valence-corrected chi connectivity index (χ4v) is 1.96. The number of hydrogen-bond acceptors (Lipinski definition) is 2. The normalized spacial score (nSPS) is 10.3. The molecule has 80 valence electrons. The Kier molecular flexibility index (Phi) is 3.91. The van der Waals surface area contributed by atoms with Gasteiger partial charge in [-0.3, -0.25) is 0 Å². The predicted molar refractivity (Wildman–Crippen MR) is 72.8 cm³/mol. The molecule has 0 amide bonds. The van der Waals surface area contributed by atoms with Gasteiger partial charge in [0.2, 0.25) is 0 Å². The molecule has 0 atom stereocenters. The zero-order valence-electron chi connectivity index (χ0n) is 8.26. The van der Waals surface area contributed by atoms with Gasteiger partial charge in [-0.15, -0.1) is 0 Å². The maximum absolute atomic E-state index is 10.2. The molecule has 2 rings (SSSR count). The van der Waals surface area contributed by atoms with Crippen LogP contribution in [0.25, 0.3) is 11.1 Å². The lowest BCUT2D eigenvalue weighted by atomic mass is 10.1. The summed E-state index contributed by atoms with van der Waals surface area (Å²) in [4.78, 5) is 0. The number of rotatable bonds is 3. The molecule has 0 aromatic heterocycles. The van der Waals surface area contributed by atoms with Crippen molar-refractivity contribution >= 4 is 31.3 Å². The Bertz CT molecular complexity index is 479. The van der Waals surface area contributed by atoms with Gasteiger partial charge in [-0.25, -0.2) is 4.57 Å². The van der Waals surface area contributed by atoms with E-state index in [0.29, 0.717) is 5.75 Å². The molecule has 0 spiro atoms. The van der Waals surface area contributed by atoms with Crippen LogP contribution in [0.3, 0.4) is 0 Å². The molecular weight excluding hydrogens is 334 g/mol. The monoisotopic (exact) mass is 342 g/mol. The summed E-state index contributed by atoms with van der Waals surface area (Å²) in [5.41, 5.74) is 2.28. The third kappa shape index (κ3) is 2.80. The van der Waals surface area contributed by atoms with Gasteiger partial charge in [-0.2, -0.15) is 0 Å². The quantitative estimate of drug-likeness (QED) is 0.605. The van der Waals surface area contributed by atoms with E-state index >= 15 is 0 Å². The lowest BCUT2D eigenvalue weighted by Crippen LogP contribution is -1.79. The van der Waals surface area contributed by atoms with E-state index < -0.39 is 0 Å². The number of hydrogen-bond donors (Lipinski definition) is 0. The Morgan fingerprint density at radius 2 is 1.38 bits per heavy atom. The minimum Gasteiger partial charge on any atom is -0.408 e. The average Bonchev–Trinajstić information content (AvgIpc) is 2.32. The summed E-state index contributed by atoms with van der Waals surface area (Å²) in [6.07, 6.45) is 0. The van der Waals surface area contributed by atoms with Crippen LogP contribution >= 0.6 is 31.3 Å². The van der Waals surface area contributed by atoms with Gasteiger partial charge < -0.3 is 4.52 Å². The Balaban J connectivity index is 2.27. The summed E-state index contributed by atoms with van der Waals surface area (Å²) in [6, 6.07) is 15.8. The summed E-state index contributed by atoms with van der Waals surface area (Å²) in [7, 11) is -0.323. The summed E-state index contributed by atoms with van der Waals surface area (Å²) in [5, 5.41) is 0.